The predicted molar refractivity (Wildman–Crippen MR) is 93.6 cm³/mol. The highest BCUT2D eigenvalue weighted by molar-refractivity contribution is 7.80. The molecule has 122 valence electrons. The summed E-state index contributed by atoms with van der Waals surface area (Å²) in [6, 6.07) is 10.8. The van der Waals surface area contributed by atoms with Gasteiger partial charge in [0.05, 0.1) is 5.69 Å². The summed E-state index contributed by atoms with van der Waals surface area (Å²) in [6.45, 7) is 2.90. The molecule has 0 bridgehead atoms. The van der Waals surface area contributed by atoms with Crippen molar-refractivity contribution in [2.24, 2.45) is 0 Å². The van der Waals surface area contributed by atoms with Gasteiger partial charge in [-0.05, 0) is 67.9 Å². The molecule has 0 aromatic heterocycles. The highest BCUT2D eigenvalue weighted by Gasteiger charge is 2.11. The van der Waals surface area contributed by atoms with E-state index in [-0.39, 0.29) is 5.75 Å². The van der Waals surface area contributed by atoms with E-state index in [2.05, 4.69) is 15.4 Å². The van der Waals surface area contributed by atoms with E-state index in [9.17, 15) is 8.78 Å². The summed E-state index contributed by atoms with van der Waals surface area (Å²) in [5, 5.41) is 6.28. The summed E-state index contributed by atoms with van der Waals surface area (Å²) >= 11 is 5.26. The zero-order valence-electron chi connectivity index (χ0n) is 13.1. The van der Waals surface area contributed by atoms with Crippen LogP contribution in [0.25, 0.3) is 0 Å². The zero-order chi connectivity index (χ0) is 17.0. The average molecular weight is 336 g/mol. The van der Waals surface area contributed by atoms with Gasteiger partial charge < -0.3 is 15.4 Å². The van der Waals surface area contributed by atoms with Gasteiger partial charge in [0.1, 0.15) is 5.75 Å². The maximum atomic E-state index is 12.5. The van der Waals surface area contributed by atoms with Crippen LogP contribution in [0.1, 0.15) is 16.7 Å². The van der Waals surface area contributed by atoms with Crippen LogP contribution in [0.2, 0.25) is 0 Å². The Bertz CT molecular complexity index is 720. The van der Waals surface area contributed by atoms with Crippen molar-refractivity contribution in [3.8, 4) is 5.75 Å². The molecule has 23 heavy (non-hydrogen) atoms. The van der Waals surface area contributed by atoms with E-state index in [1.54, 1.807) is 19.1 Å². The van der Waals surface area contributed by atoms with Crippen molar-refractivity contribution in [2.75, 3.05) is 10.6 Å². The summed E-state index contributed by atoms with van der Waals surface area (Å²) in [4.78, 5) is 0. The van der Waals surface area contributed by atoms with Crippen molar-refractivity contribution in [1.82, 2.24) is 0 Å². The molecule has 2 rings (SSSR count). The predicted octanol–water partition coefficient (Wildman–Crippen LogP) is 5.02. The van der Waals surface area contributed by atoms with Gasteiger partial charge in [0.15, 0.2) is 5.11 Å². The number of rotatable bonds is 4. The van der Waals surface area contributed by atoms with Gasteiger partial charge in [0, 0.05) is 5.69 Å². The van der Waals surface area contributed by atoms with Gasteiger partial charge in [-0.1, -0.05) is 18.2 Å². The van der Waals surface area contributed by atoms with E-state index in [1.165, 1.54) is 6.07 Å². The first-order valence-electron chi connectivity index (χ1n) is 7.06. The smallest absolute Gasteiger partial charge is 0.387 e. The van der Waals surface area contributed by atoms with Crippen molar-refractivity contribution >= 4 is 28.7 Å². The van der Waals surface area contributed by atoms with Crippen molar-refractivity contribution in [2.45, 2.75) is 27.4 Å². The fourth-order valence-corrected chi connectivity index (χ4v) is 2.31. The molecule has 6 heteroatoms. The molecule has 0 aliphatic carbocycles. The minimum Gasteiger partial charge on any atom is -0.433 e. The Morgan fingerprint density at radius 1 is 1.04 bits per heavy atom. The fourth-order valence-electron chi connectivity index (χ4n) is 2.09. The van der Waals surface area contributed by atoms with Gasteiger partial charge in [0.2, 0.25) is 0 Å². The maximum absolute atomic E-state index is 12.5. The van der Waals surface area contributed by atoms with Crippen LogP contribution in [0.15, 0.2) is 36.4 Å². The first-order valence-corrected chi connectivity index (χ1v) is 7.47. The van der Waals surface area contributed by atoms with Gasteiger partial charge in [-0.2, -0.15) is 8.78 Å². The molecular weight excluding hydrogens is 318 g/mol. The number of nitrogens with one attached hydrogen (secondary N) is 2. The largest absolute Gasteiger partial charge is 0.433 e. The van der Waals surface area contributed by atoms with Crippen LogP contribution < -0.4 is 15.4 Å². The molecule has 3 nitrogen and oxygen atoms in total. The maximum Gasteiger partial charge on any atom is 0.387 e. The molecular formula is C17H18F2N2OS. The fraction of sp³-hybridized carbons (Fsp3) is 0.235. The SMILES string of the molecule is Cc1ccc(NC(=S)Nc2cccc(C)c2C)c(OC(F)F)c1. The summed E-state index contributed by atoms with van der Waals surface area (Å²) < 4.78 is 29.6. The second-order valence-electron chi connectivity index (χ2n) is 5.20. The minimum absolute atomic E-state index is 0.0603. The molecule has 2 N–H and O–H groups in total. The Morgan fingerprint density at radius 2 is 1.74 bits per heavy atom. The molecule has 0 fully saturated rings. The van der Waals surface area contributed by atoms with Crippen LogP contribution >= 0.6 is 12.2 Å². The number of benzene rings is 2. The Labute approximate surface area is 139 Å². The molecule has 0 saturated carbocycles. The Morgan fingerprint density at radius 3 is 2.43 bits per heavy atom. The lowest BCUT2D eigenvalue weighted by molar-refractivity contribution is -0.0493. The van der Waals surface area contributed by atoms with Crippen LogP contribution in [0.3, 0.4) is 0 Å². The van der Waals surface area contributed by atoms with E-state index in [4.69, 9.17) is 12.2 Å². The van der Waals surface area contributed by atoms with Crippen molar-refractivity contribution in [1.29, 1.82) is 0 Å². The number of hydrogen-bond donors (Lipinski definition) is 2. The van der Waals surface area contributed by atoms with E-state index < -0.39 is 6.61 Å². The molecule has 0 spiro atoms. The van der Waals surface area contributed by atoms with Crippen LogP contribution in [-0.4, -0.2) is 11.7 Å². The minimum atomic E-state index is -2.89. The molecule has 0 saturated heterocycles. The van der Waals surface area contributed by atoms with Crippen molar-refractivity contribution in [3.63, 3.8) is 0 Å². The van der Waals surface area contributed by atoms with Gasteiger partial charge in [-0.15, -0.1) is 0 Å². The van der Waals surface area contributed by atoms with Crippen LogP contribution in [0, 0.1) is 20.8 Å². The molecule has 2 aromatic rings. The lowest BCUT2D eigenvalue weighted by Gasteiger charge is -2.16. The quantitative estimate of drug-likeness (QED) is 0.768. The third-order valence-electron chi connectivity index (χ3n) is 3.45. The van der Waals surface area contributed by atoms with Gasteiger partial charge in [0.25, 0.3) is 0 Å². The second-order valence-corrected chi connectivity index (χ2v) is 5.61. The number of aryl methyl sites for hydroxylation is 2. The number of anilines is 2. The van der Waals surface area contributed by atoms with Crippen molar-refractivity contribution < 1.29 is 13.5 Å². The monoisotopic (exact) mass is 336 g/mol. The van der Waals surface area contributed by atoms with Crippen LogP contribution in [0.5, 0.6) is 5.75 Å². The zero-order valence-corrected chi connectivity index (χ0v) is 13.9. The van der Waals surface area contributed by atoms with Crippen LogP contribution in [0.4, 0.5) is 20.2 Å². The van der Waals surface area contributed by atoms with Crippen LogP contribution in [-0.2, 0) is 0 Å². The van der Waals surface area contributed by atoms with E-state index in [0.717, 1.165) is 22.4 Å². The Hall–Kier alpha value is -2.21. The van der Waals surface area contributed by atoms with E-state index in [1.807, 2.05) is 32.0 Å². The normalized spacial score (nSPS) is 10.5. The summed E-state index contributed by atoms with van der Waals surface area (Å²) in [5.41, 5.74) is 4.28. The first-order chi connectivity index (χ1) is 10.9. The summed E-state index contributed by atoms with van der Waals surface area (Å²) in [7, 11) is 0. The van der Waals surface area contributed by atoms with Crippen molar-refractivity contribution in [3.05, 3.63) is 53.1 Å². The highest BCUT2D eigenvalue weighted by Crippen LogP contribution is 2.28. The lowest BCUT2D eigenvalue weighted by atomic mass is 10.1. The average Bonchev–Trinajstić information content (AvgIpc) is 2.46. The summed E-state index contributed by atoms with van der Waals surface area (Å²) in [5.74, 6) is 0.0603. The third kappa shape index (κ3) is 4.63. The number of hydrogen-bond acceptors (Lipinski definition) is 2. The molecule has 0 aliphatic rings. The van der Waals surface area contributed by atoms with Gasteiger partial charge >= 0.3 is 6.61 Å². The van der Waals surface area contributed by atoms with Gasteiger partial charge in [-0.3, -0.25) is 0 Å². The van der Waals surface area contributed by atoms with E-state index in [0.29, 0.717) is 10.8 Å². The lowest BCUT2D eigenvalue weighted by Crippen LogP contribution is -2.20. The number of ether oxygens (including phenoxy) is 1. The number of thiocarbonyl (C=S) groups is 1. The third-order valence-corrected chi connectivity index (χ3v) is 3.66. The van der Waals surface area contributed by atoms with E-state index >= 15 is 0 Å². The molecule has 0 aliphatic heterocycles. The Kier molecular flexibility index (Phi) is 5.50. The highest BCUT2D eigenvalue weighted by atomic mass is 32.1. The second kappa shape index (κ2) is 7.37. The molecule has 2 aromatic carbocycles. The number of halogens is 2. The standard InChI is InChI=1S/C17H18F2N2OS/c1-10-7-8-14(15(9-10)22-16(18)19)21-17(23)20-13-6-4-5-11(2)12(13)3/h4-9,16H,1-3H3,(H2,20,21,23). The molecule has 0 unspecified atom stereocenters. The first kappa shape index (κ1) is 17.1. The number of alkyl halides is 2. The molecule has 0 atom stereocenters. The molecule has 0 heterocycles. The van der Waals surface area contributed by atoms with Gasteiger partial charge in [-0.25, -0.2) is 0 Å². The molecule has 0 amide bonds. The summed E-state index contributed by atoms with van der Waals surface area (Å²) in [6.07, 6.45) is 0. The topological polar surface area (TPSA) is 33.3 Å². The Balaban J connectivity index is 2.15. The molecule has 0 radical (unpaired) electrons.